The van der Waals surface area contributed by atoms with Gasteiger partial charge in [-0.05, 0) is 51.9 Å². The molecule has 0 saturated carbocycles. The Hall–Kier alpha value is -1.35. The van der Waals surface area contributed by atoms with E-state index < -0.39 is 15.6 Å². The Morgan fingerprint density at radius 2 is 1.81 bits per heavy atom. The zero-order valence-electron chi connectivity index (χ0n) is 16.0. The van der Waals surface area contributed by atoms with Crippen LogP contribution >= 0.6 is 12.4 Å². The number of methoxy groups -OCH3 is 1. The van der Waals surface area contributed by atoms with Gasteiger partial charge in [0.15, 0.2) is 0 Å². The van der Waals surface area contributed by atoms with Gasteiger partial charge in [0.2, 0.25) is 10.0 Å². The van der Waals surface area contributed by atoms with E-state index >= 15 is 0 Å². The standard InChI is InChI=1S/C17H29N3O4S.ClH/c1-6-9-18-10-11-19-16(21)13-7-8-14(24-5)15(12-13)25(22,23)20-17(2,3)4;/h7-8,12,18,20H,6,9-11H2,1-5H3,(H,19,21);1H. The number of ether oxygens (including phenoxy) is 1. The van der Waals surface area contributed by atoms with Gasteiger partial charge in [-0.15, -0.1) is 12.4 Å². The van der Waals surface area contributed by atoms with Crippen LogP contribution in [0, 0.1) is 0 Å². The average molecular weight is 408 g/mol. The number of carbonyl (C=O) groups excluding carboxylic acids is 1. The first-order valence-corrected chi connectivity index (χ1v) is 9.80. The first-order valence-electron chi connectivity index (χ1n) is 8.31. The lowest BCUT2D eigenvalue weighted by Gasteiger charge is -2.21. The fourth-order valence-electron chi connectivity index (χ4n) is 2.15. The van der Waals surface area contributed by atoms with Crippen molar-refractivity contribution in [1.29, 1.82) is 0 Å². The van der Waals surface area contributed by atoms with Gasteiger partial charge in [0.05, 0.1) is 7.11 Å². The van der Waals surface area contributed by atoms with E-state index in [0.717, 1.165) is 13.0 Å². The fourth-order valence-corrected chi connectivity index (χ4v) is 3.77. The van der Waals surface area contributed by atoms with Gasteiger partial charge in [-0.25, -0.2) is 13.1 Å². The van der Waals surface area contributed by atoms with E-state index in [1.165, 1.54) is 19.2 Å². The molecule has 0 spiro atoms. The van der Waals surface area contributed by atoms with Gasteiger partial charge < -0.3 is 15.4 Å². The molecule has 0 atom stereocenters. The molecule has 150 valence electrons. The number of halogens is 1. The highest BCUT2D eigenvalue weighted by Crippen LogP contribution is 2.26. The second kappa shape index (κ2) is 10.7. The van der Waals surface area contributed by atoms with Gasteiger partial charge in [0, 0.05) is 24.2 Å². The van der Waals surface area contributed by atoms with E-state index in [0.29, 0.717) is 13.1 Å². The summed E-state index contributed by atoms with van der Waals surface area (Å²) in [7, 11) is -2.42. The van der Waals surface area contributed by atoms with Crippen molar-refractivity contribution in [3.63, 3.8) is 0 Å². The largest absolute Gasteiger partial charge is 0.495 e. The lowest BCUT2D eigenvalue weighted by Crippen LogP contribution is -2.40. The number of hydrogen-bond donors (Lipinski definition) is 3. The number of sulfonamides is 1. The highest BCUT2D eigenvalue weighted by atomic mass is 35.5. The molecule has 0 fully saturated rings. The summed E-state index contributed by atoms with van der Waals surface area (Å²) < 4.78 is 32.9. The highest BCUT2D eigenvalue weighted by Gasteiger charge is 2.26. The quantitative estimate of drug-likeness (QED) is 0.543. The van der Waals surface area contributed by atoms with Crippen LogP contribution < -0.4 is 20.1 Å². The fraction of sp³-hybridized carbons (Fsp3) is 0.588. The van der Waals surface area contributed by atoms with Gasteiger partial charge in [0.1, 0.15) is 10.6 Å². The molecule has 0 heterocycles. The second-order valence-corrected chi connectivity index (χ2v) is 8.38. The van der Waals surface area contributed by atoms with Crippen molar-refractivity contribution < 1.29 is 17.9 Å². The van der Waals surface area contributed by atoms with E-state index in [4.69, 9.17) is 4.74 Å². The van der Waals surface area contributed by atoms with Crippen molar-refractivity contribution in [2.24, 2.45) is 0 Å². The molecule has 0 aromatic heterocycles. The summed E-state index contributed by atoms with van der Waals surface area (Å²) in [5.41, 5.74) is -0.377. The molecule has 0 unspecified atom stereocenters. The lowest BCUT2D eigenvalue weighted by atomic mass is 10.1. The Balaban J connectivity index is 0.00000625. The Labute approximate surface area is 162 Å². The molecular weight excluding hydrogens is 378 g/mol. The summed E-state index contributed by atoms with van der Waals surface area (Å²) >= 11 is 0. The van der Waals surface area contributed by atoms with Crippen molar-refractivity contribution >= 4 is 28.3 Å². The van der Waals surface area contributed by atoms with Crippen molar-refractivity contribution in [2.75, 3.05) is 26.7 Å². The topological polar surface area (TPSA) is 96.5 Å². The molecule has 0 aliphatic carbocycles. The van der Waals surface area contributed by atoms with Crippen LogP contribution in [0.3, 0.4) is 0 Å². The molecule has 26 heavy (non-hydrogen) atoms. The van der Waals surface area contributed by atoms with E-state index in [1.807, 2.05) is 0 Å². The monoisotopic (exact) mass is 407 g/mol. The van der Waals surface area contributed by atoms with Crippen LogP contribution in [0.1, 0.15) is 44.5 Å². The Morgan fingerprint density at radius 3 is 2.35 bits per heavy atom. The molecule has 9 heteroatoms. The van der Waals surface area contributed by atoms with E-state index in [9.17, 15) is 13.2 Å². The first kappa shape index (κ1) is 24.7. The Kier molecular flexibility index (Phi) is 10.2. The van der Waals surface area contributed by atoms with E-state index in [-0.39, 0.29) is 34.5 Å². The van der Waals surface area contributed by atoms with Gasteiger partial charge in [-0.1, -0.05) is 6.92 Å². The van der Waals surface area contributed by atoms with Crippen LogP contribution in [0.4, 0.5) is 0 Å². The van der Waals surface area contributed by atoms with Gasteiger partial charge in [-0.2, -0.15) is 0 Å². The first-order chi connectivity index (χ1) is 11.6. The van der Waals surface area contributed by atoms with E-state index in [1.54, 1.807) is 26.8 Å². The number of carbonyl (C=O) groups is 1. The van der Waals surface area contributed by atoms with Crippen molar-refractivity contribution in [1.82, 2.24) is 15.4 Å². The Morgan fingerprint density at radius 1 is 1.15 bits per heavy atom. The number of amides is 1. The second-order valence-electron chi connectivity index (χ2n) is 6.73. The average Bonchev–Trinajstić information content (AvgIpc) is 2.51. The van der Waals surface area contributed by atoms with Crippen LogP contribution in [0.2, 0.25) is 0 Å². The molecule has 0 bridgehead atoms. The summed E-state index contributed by atoms with van der Waals surface area (Å²) in [5, 5.41) is 5.95. The van der Waals surface area contributed by atoms with Gasteiger partial charge in [-0.3, -0.25) is 4.79 Å². The van der Waals surface area contributed by atoms with Crippen molar-refractivity contribution in [2.45, 2.75) is 44.6 Å². The maximum absolute atomic E-state index is 12.6. The zero-order chi connectivity index (χ0) is 19.1. The summed E-state index contributed by atoms with van der Waals surface area (Å²) in [6, 6.07) is 4.37. The Bertz CT molecular complexity index is 688. The normalized spacial score (nSPS) is 11.6. The molecule has 1 aromatic carbocycles. The van der Waals surface area contributed by atoms with Gasteiger partial charge in [0.25, 0.3) is 5.91 Å². The predicted molar refractivity (Wildman–Crippen MR) is 106 cm³/mol. The maximum Gasteiger partial charge on any atom is 0.251 e. The van der Waals surface area contributed by atoms with Crippen LogP contribution in [0.5, 0.6) is 5.75 Å². The SMILES string of the molecule is CCCNCCNC(=O)c1ccc(OC)c(S(=O)(=O)NC(C)(C)C)c1.Cl. The minimum Gasteiger partial charge on any atom is -0.495 e. The molecule has 1 amide bonds. The summed E-state index contributed by atoms with van der Waals surface area (Å²) in [6.45, 7) is 9.32. The molecule has 0 saturated heterocycles. The molecule has 3 N–H and O–H groups in total. The number of nitrogens with one attached hydrogen (secondary N) is 3. The summed E-state index contributed by atoms with van der Waals surface area (Å²) in [6.07, 6.45) is 1.02. The minimum absolute atomic E-state index is 0. The highest BCUT2D eigenvalue weighted by molar-refractivity contribution is 7.89. The third kappa shape index (κ3) is 7.90. The molecule has 1 rings (SSSR count). The predicted octanol–water partition coefficient (Wildman–Crippen LogP) is 1.92. The molecule has 0 aliphatic heterocycles. The zero-order valence-corrected chi connectivity index (χ0v) is 17.6. The number of hydrogen-bond acceptors (Lipinski definition) is 5. The third-order valence-corrected chi connectivity index (χ3v) is 4.95. The third-order valence-electron chi connectivity index (χ3n) is 3.17. The molecule has 0 radical (unpaired) electrons. The lowest BCUT2D eigenvalue weighted by molar-refractivity contribution is 0.0953. The van der Waals surface area contributed by atoms with Crippen molar-refractivity contribution in [3.05, 3.63) is 23.8 Å². The van der Waals surface area contributed by atoms with Crippen molar-refractivity contribution in [3.8, 4) is 5.75 Å². The molecule has 7 nitrogen and oxygen atoms in total. The van der Waals surface area contributed by atoms with Crippen LogP contribution in [0.15, 0.2) is 23.1 Å². The molecule has 1 aromatic rings. The molecule has 0 aliphatic rings. The van der Waals surface area contributed by atoms with Crippen LogP contribution in [0.25, 0.3) is 0 Å². The number of rotatable bonds is 9. The minimum atomic E-state index is -3.82. The van der Waals surface area contributed by atoms with Crippen LogP contribution in [-0.2, 0) is 10.0 Å². The smallest absolute Gasteiger partial charge is 0.251 e. The maximum atomic E-state index is 12.6. The van der Waals surface area contributed by atoms with Crippen LogP contribution in [-0.4, -0.2) is 46.6 Å². The van der Waals surface area contributed by atoms with Gasteiger partial charge >= 0.3 is 0 Å². The summed E-state index contributed by atoms with van der Waals surface area (Å²) in [5.74, 6) is -0.133. The van der Waals surface area contributed by atoms with E-state index in [2.05, 4.69) is 22.3 Å². The number of benzene rings is 1. The molecular formula is C17H30ClN3O4S. The summed E-state index contributed by atoms with van der Waals surface area (Å²) in [4.78, 5) is 12.2.